The average molecular weight is 315 g/mol. The number of aliphatic hydroxyl groups is 1. The van der Waals surface area contributed by atoms with Gasteiger partial charge in [0.25, 0.3) is 5.91 Å². The molecule has 1 aromatic rings. The molecule has 3 fully saturated rings. The first-order chi connectivity index (χ1) is 11.1. The molecule has 23 heavy (non-hydrogen) atoms. The third-order valence-corrected chi connectivity index (χ3v) is 5.71. The summed E-state index contributed by atoms with van der Waals surface area (Å²) in [5.74, 6) is 0.126. The topological polar surface area (TPSA) is 47.0 Å². The molecule has 0 radical (unpaired) electrons. The predicted octanol–water partition coefficient (Wildman–Crippen LogP) is 0.652. The third-order valence-electron chi connectivity index (χ3n) is 5.71. The number of fused-ring (bicyclic) bond motifs is 2. The molecule has 3 saturated heterocycles. The lowest BCUT2D eigenvalue weighted by molar-refractivity contribution is -0.0988. The number of hydrogen-bond acceptors (Lipinski definition) is 4. The molecule has 3 aliphatic heterocycles. The Morgan fingerprint density at radius 2 is 1.96 bits per heavy atom. The highest BCUT2D eigenvalue weighted by Gasteiger charge is 2.56. The van der Waals surface area contributed by atoms with Crippen molar-refractivity contribution in [1.82, 2.24) is 14.7 Å². The van der Waals surface area contributed by atoms with Crippen LogP contribution in [0, 0.1) is 0 Å². The molecule has 2 atom stereocenters. The summed E-state index contributed by atoms with van der Waals surface area (Å²) in [5.41, 5.74) is 0.810. The van der Waals surface area contributed by atoms with E-state index in [1.54, 1.807) is 0 Å². The minimum Gasteiger partial charge on any atom is -0.392 e. The molecule has 5 nitrogen and oxygen atoms in total. The van der Waals surface area contributed by atoms with Crippen molar-refractivity contribution in [3.63, 3.8) is 0 Å². The number of likely N-dealkylation sites (tertiary alicyclic amines) is 1. The number of likely N-dealkylation sites (N-methyl/N-ethyl adjacent to an activating group) is 1. The van der Waals surface area contributed by atoms with E-state index in [2.05, 4.69) is 16.7 Å². The zero-order chi connectivity index (χ0) is 16.0. The fourth-order valence-electron chi connectivity index (χ4n) is 4.61. The molecule has 1 amide bonds. The average Bonchev–Trinajstić information content (AvgIpc) is 2.92. The largest absolute Gasteiger partial charge is 0.392 e. The SMILES string of the molecule is CCN1C[C@@H]2C[C@@H](O)CN2C2(C1)CN(C(=O)c1ccccc1)C2. The van der Waals surface area contributed by atoms with Crippen LogP contribution in [0.3, 0.4) is 0 Å². The second kappa shape index (κ2) is 5.58. The van der Waals surface area contributed by atoms with Gasteiger partial charge in [-0.3, -0.25) is 9.69 Å². The summed E-state index contributed by atoms with van der Waals surface area (Å²) < 4.78 is 0. The molecule has 1 aromatic carbocycles. The van der Waals surface area contributed by atoms with Crippen LogP contribution < -0.4 is 0 Å². The number of amides is 1. The van der Waals surface area contributed by atoms with Gasteiger partial charge < -0.3 is 14.9 Å². The second-order valence-corrected chi connectivity index (χ2v) is 7.28. The van der Waals surface area contributed by atoms with Gasteiger partial charge in [0.05, 0.1) is 11.6 Å². The van der Waals surface area contributed by atoms with Gasteiger partial charge >= 0.3 is 0 Å². The van der Waals surface area contributed by atoms with Crippen LogP contribution in [0.5, 0.6) is 0 Å². The van der Waals surface area contributed by atoms with Crippen molar-refractivity contribution in [2.24, 2.45) is 0 Å². The zero-order valence-corrected chi connectivity index (χ0v) is 13.7. The molecular formula is C18H25N3O2. The number of hydrogen-bond donors (Lipinski definition) is 1. The summed E-state index contributed by atoms with van der Waals surface area (Å²) in [5, 5.41) is 10.1. The first-order valence-corrected chi connectivity index (χ1v) is 8.63. The Balaban J connectivity index is 1.50. The van der Waals surface area contributed by atoms with E-state index in [4.69, 9.17) is 0 Å². The van der Waals surface area contributed by atoms with E-state index in [1.807, 2.05) is 35.2 Å². The summed E-state index contributed by atoms with van der Waals surface area (Å²) in [6, 6.07) is 9.96. The van der Waals surface area contributed by atoms with Crippen LogP contribution in [-0.2, 0) is 0 Å². The van der Waals surface area contributed by atoms with Gasteiger partial charge in [-0.1, -0.05) is 25.1 Å². The molecule has 3 aliphatic rings. The van der Waals surface area contributed by atoms with Gasteiger partial charge in [0.1, 0.15) is 0 Å². The summed E-state index contributed by atoms with van der Waals surface area (Å²) in [6.07, 6.45) is 0.651. The molecule has 124 valence electrons. The first kappa shape index (κ1) is 15.1. The molecule has 1 N–H and O–H groups in total. The number of aliphatic hydroxyl groups excluding tert-OH is 1. The molecule has 3 heterocycles. The summed E-state index contributed by atoms with van der Waals surface area (Å²) in [7, 11) is 0. The van der Waals surface area contributed by atoms with Gasteiger partial charge in [0.15, 0.2) is 0 Å². The molecule has 5 heteroatoms. The van der Waals surface area contributed by atoms with Crippen molar-refractivity contribution in [3.8, 4) is 0 Å². The van der Waals surface area contributed by atoms with E-state index in [1.165, 1.54) is 0 Å². The number of nitrogens with zero attached hydrogens (tertiary/aromatic N) is 3. The van der Waals surface area contributed by atoms with Crippen molar-refractivity contribution in [3.05, 3.63) is 35.9 Å². The van der Waals surface area contributed by atoms with E-state index >= 15 is 0 Å². The fourth-order valence-corrected chi connectivity index (χ4v) is 4.61. The van der Waals surface area contributed by atoms with Crippen LogP contribution in [0.1, 0.15) is 23.7 Å². The van der Waals surface area contributed by atoms with E-state index in [-0.39, 0.29) is 17.6 Å². The molecule has 0 unspecified atom stereocenters. The minimum atomic E-state index is -0.215. The number of carbonyl (C=O) groups excluding carboxylic acids is 1. The normalized spacial score (nSPS) is 30.3. The Morgan fingerprint density at radius 3 is 2.65 bits per heavy atom. The number of carbonyl (C=O) groups is 1. The lowest BCUT2D eigenvalue weighted by Crippen LogP contribution is -2.78. The Kier molecular flexibility index (Phi) is 3.67. The number of piperazine rings is 1. The molecule has 0 aromatic heterocycles. The zero-order valence-electron chi connectivity index (χ0n) is 13.7. The molecule has 0 bridgehead atoms. The molecule has 0 saturated carbocycles. The van der Waals surface area contributed by atoms with Gasteiger partial charge in [-0.25, -0.2) is 0 Å². The molecular weight excluding hydrogens is 290 g/mol. The van der Waals surface area contributed by atoms with E-state index in [0.717, 1.165) is 51.3 Å². The second-order valence-electron chi connectivity index (χ2n) is 7.28. The van der Waals surface area contributed by atoms with Crippen molar-refractivity contribution >= 4 is 5.91 Å². The Labute approximate surface area is 137 Å². The smallest absolute Gasteiger partial charge is 0.253 e. The summed E-state index contributed by atoms with van der Waals surface area (Å²) >= 11 is 0. The fraction of sp³-hybridized carbons (Fsp3) is 0.611. The van der Waals surface area contributed by atoms with E-state index in [0.29, 0.717) is 6.04 Å². The maximum atomic E-state index is 12.6. The third kappa shape index (κ3) is 2.47. The summed E-state index contributed by atoms with van der Waals surface area (Å²) in [6.45, 7) is 7.60. The van der Waals surface area contributed by atoms with Gasteiger partial charge in [0.2, 0.25) is 0 Å². The Bertz CT molecular complexity index is 585. The minimum absolute atomic E-state index is 0.0425. The molecule has 0 aliphatic carbocycles. The molecule has 4 rings (SSSR count). The number of benzene rings is 1. The van der Waals surface area contributed by atoms with Gasteiger partial charge in [-0.15, -0.1) is 0 Å². The van der Waals surface area contributed by atoms with E-state index in [9.17, 15) is 9.90 Å². The van der Waals surface area contributed by atoms with Crippen molar-refractivity contribution in [2.75, 3.05) is 39.3 Å². The monoisotopic (exact) mass is 315 g/mol. The quantitative estimate of drug-likeness (QED) is 0.871. The van der Waals surface area contributed by atoms with Crippen molar-refractivity contribution < 1.29 is 9.90 Å². The standard InChI is InChI=1S/C18H25N3O2/c1-2-19-9-15-8-16(22)10-21(15)18(11-19)12-20(13-18)17(23)14-6-4-3-5-7-14/h3-7,15-16,22H,2,8-13H2,1H3/t15-,16+/m0/s1. The molecule has 1 spiro atoms. The summed E-state index contributed by atoms with van der Waals surface area (Å²) in [4.78, 5) is 19.5. The maximum Gasteiger partial charge on any atom is 0.253 e. The van der Waals surface area contributed by atoms with Gasteiger partial charge in [-0.2, -0.15) is 0 Å². The number of β-amino-alcohol motifs (C(OH)–C–C–N with tert-alkyl or cyclic N) is 1. The first-order valence-electron chi connectivity index (χ1n) is 8.63. The van der Waals surface area contributed by atoms with Crippen LogP contribution in [0.25, 0.3) is 0 Å². The Morgan fingerprint density at radius 1 is 1.22 bits per heavy atom. The highest BCUT2D eigenvalue weighted by atomic mass is 16.3. The van der Waals surface area contributed by atoms with Gasteiger partial charge in [-0.05, 0) is 25.1 Å². The van der Waals surface area contributed by atoms with Crippen LogP contribution in [0.15, 0.2) is 30.3 Å². The highest BCUT2D eigenvalue weighted by Crippen LogP contribution is 2.39. The highest BCUT2D eigenvalue weighted by molar-refractivity contribution is 5.95. The van der Waals surface area contributed by atoms with Crippen molar-refractivity contribution in [1.29, 1.82) is 0 Å². The predicted molar refractivity (Wildman–Crippen MR) is 88.3 cm³/mol. The Hall–Kier alpha value is -1.43. The van der Waals surface area contributed by atoms with Crippen LogP contribution >= 0.6 is 0 Å². The van der Waals surface area contributed by atoms with Crippen molar-refractivity contribution in [2.45, 2.75) is 31.0 Å². The lowest BCUT2D eigenvalue weighted by Gasteiger charge is -2.61. The number of rotatable bonds is 2. The van der Waals surface area contributed by atoms with Crippen LogP contribution in [0.2, 0.25) is 0 Å². The van der Waals surface area contributed by atoms with Gasteiger partial charge in [0, 0.05) is 44.3 Å². The maximum absolute atomic E-state index is 12.6. The van der Waals surface area contributed by atoms with Crippen LogP contribution in [0.4, 0.5) is 0 Å². The van der Waals surface area contributed by atoms with Crippen LogP contribution in [-0.4, -0.2) is 82.7 Å². The lowest BCUT2D eigenvalue weighted by atomic mass is 9.83. The van der Waals surface area contributed by atoms with E-state index < -0.39 is 0 Å².